The van der Waals surface area contributed by atoms with Gasteiger partial charge in [-0.25, -0.2) is 4.98 Å². The molecule has 0 aliphatic heterocycles. The minimum absolute atomic E-state index is 0.298. The van der Waals surface area contributed by atoms with Crippen LogP contribution in [0.2, 0.25) is 0 Å². The number of nitrogens with zero attached hydrogens (tertiary/aromatic N) is 3. The largest absolute Gasteiger partial charge is 0.437 e. The molecule has 6 heteroatoms. The lowest BCUT2D eigenvalue weighted by Gasteiger charge is -2.13. The molecule has 0 fully saturated rings. The van der Waals surface area contributed by atoms with E-state index in [-0.39, 0.29) is 0 Å². The van der Waals surface area contributed by atoms with E-state index in [4.69, 9.17) is 10.5 Å². The van der Waals surface area contributed by atoms with Crippen molar-refractivity contribution in [3.63, 3.8) is 0 Å². The number of benzene rings is 3. The first-order valence-corrected chi connectivity index (χ1v) is 9.58. The molecule has 146 valence electrons. The van der Waals surface area contributed by atoms with Crippen molar-refractivity contribution < 1.29 is 4.74 Å². The first-order valence-electron chi connectivity index (χ1n) is 9.58. The topological polar surface area (TPSA) is 86.0 Å². The number of aromatic nitrogens is 3. The van der Waals surface area contributed by atoms with Crippen LogP contribution in [0.15, 0.2) is 79.1 Å². The molecule has 0 aliphatic rings. The van der Waals surface area contributed by atoms with Crippen LogP contribution in [0.25, 0.3) is 21.7 Å². The average molecular weight is 393 g/mol. The van der Waals surface area contributed by atoms with E-state index in [1.54, 1.807) is 0 Å². The highest BCUT2D eigenvalue weighted by atomic mass is 16.5. The Bertz CT molecular complexity index is 1380. The Morgan fingerprint density at radius 1 is 0.833 bits per heavy atom. The van der Waals surface area contributed by atoms with Crippen molar-refractivity contribution in [1.29, 1.82) is 0 Å². The van der Waals surface area contributed by atoms with Crippen molar-refractivity contribution in [2.75, 3.05) is 11.1 Å². The van der Waals surface area contributed by atoms with E-state index in [1.807, 2.05) is 73.7 Å². The van der Waals surface area contributed by atoms with Crippen LogP contribution in [0, 0.1) is 6.92 Å². The highest BCUT2D eigenvalue weighted by Gasteiger charge is 2.13. The summed E-state index contributed by atoms with van der Waals surface area (Å²) in [5.41, 5.74) is 9.27. The smallest absolute Gasteiger partial charge is 0.248 e. The summed E-state index contributed by atoms with van der Waals surface area (Å²) in [7, 11) is 0. The van der Waals surface area contributed by atoms with Crippen molar-refractivity contribution in [2.24, 2.45) is 0 Å². The molecule has 5 rings (SSSR count). The maximum absolute atomic E-state index is 6.33. The number of nitrogens with one attached hydrogen (secondary N) is 1. The molecular weight excluding hydrogens is 374 g/mol. The summed E-state index contributed by atoms with van der Waals surface area (Å²) in [5.74, 6) is 1.43. The predicted octanol–water partition coefficient (Wildman–Crippen LogP) is 5.60. The zero-order chi connectivity index (χ0) is 20.5. The van der Waals surface area contributed by atoms with Gasteiger partial charge in [-0.05, 0) is 42.0 Å². The summed E-state index contributed by atoms with van der Waals surface area (Å²) in [4.78, 5) is 13.2. The minimum Gasteiger partial charge on any atom is -0.437 e. The molecule has 0 atom stereocenters. The lowest BCUT2D eigenvalue weighted by Crippen LogP contribution is -2.04. The van der Waals surface area contributed by atoms with Crippen LogP contribution >= 0.6 is 0 Å². The van der Waals surface area contributed by atoms with Crippen molar-refractivity contribution in [3.05, 3.63) is 84.8 Å². The van der Waals surface area contributed by atoms with E-state index in [1.165, 1.54) is 6.33 Å². The van der Waals surface area contributed by atoms with Crippen LogP contribution in [0.5, 0.6) is 11.6 Å². The van der Waals surface area contributed by atoms with Gasteiger partial charge in [-0.2, -0.15) is 4.98 Å². The molecule has 0 saturated carbocycles. The van der Waals surface area contributed by atoms with Crippen LogP contribution in [0.1, 0.15) is 5.69 Å². The third-order valence-corrected chi connectivity index (χ3v) is 4.90. The molecule has 30 heavy (non-hydrogen) atoms. The number of aryl methyl sites for hydroxylation is 1. The highest BCUT2D eigenvalue weighted by Crippen LogP contribution is 2.33. The predicted molar refractivity (Wildman–Crippen MR) is 120 cm³/mol. The summed E-state index contributed by atoms with van der Waals surface area (Å²) in [5, 5.41) is 6.53. The third-order valence-electron chi connectivity index (χ3n) is 4.90. The van der Waals surface area contributed by atoms with Gasteiger partial charge in [-0.1, -0.05) is 48.5 Å². The number of nitrogen functional groups attached to an aromatic ring is 1. The van der Waals surface area contributed by atoms with E-state index in [0.29, 0.717) is 23.1 Å². The van der Waals surface area contributed by atoms with Crippen molar-refractivity contribution in [1.82, 2.24) is 15.0 Å². The average Bonchev–Trinajstić information content (AvgIpc) is 2.77. The van der Waals surface area contributed by atoms with Gasteiger partial charge < -0.3 is 15.8 Å². The Balaban J connectivity index is 1.48. The number of rotatable bonds is 4. The second-order valence-electron chi connectivity index (χ2n) is 7.01. The molecule has 0 radical (unpaired) electrons. The van der Waals surface area contributed by atoms with Gasteiger partial charge in [-0.15, -0.1) is 0 Å². The summed E-state index contributed by atoms with van der Waals surface area (Å²) in [6.45, 7) is 1.96. The number of nitrogens with two attached hydrogens (primary N) is 1. The van der Waals surface area contributed by atoms with E-state index < -0.39 is 0 Å². The molecule has 3 N–H and O–H groups in total. The second-order valence-corrected chi connectivity index (χ2v) is 7.01. The number of fused-ring (bicyclic) bond motifs is 2. The van der Waals surface area contributed by atoms with Crippen LogP contribution in [0.4, 0.5) is 17.2 Å². The van der Waals surface area contributed by atoms with Crippen LogP contribution in [0.3, 0.4) is 0 Å². The van der Waals surface area contributed by atoms with Gasteiger partial charge in [0.25, 0.3) is 0 Å². The van der Waals surface area contributed by atoms with Gasteiger partial charge in [0.2, 0.25) is 5.88 Å². The van der Waals surface area contributed by atoms with E-state index in [0.717, 1.165) is 33.1 Å². The van der Waals surface area contributed by atoms with Gasteiger partial charge >= 0.3 is 0 Å². The van der Waals surface area contributed by atoms with Crippen molar-refractivity contribution in [3.8, 4) is 11.6 Å². The second kappa shape index (κ2) is 7.33. The SMILES string of the molecule is Cc1ccc2cccc(Nc3ncnc(Oc4ccc5ccccc5c4)c3N)c2n1. The number of hydrogen-bond donors (Lipinski definition) is 2. The maximum Gasteiger partial charge on any atom is 0.248 e. The Morgan fingerprint density at radius 3 is 2.53 bits per heavy atom. The van der Waals surface area contributed by atoms with Gasteiger partial charge in [-0.3, -0.25) is 4.98 Å². The summed E-state index contributed by atoms with van der Waals surface area (Å²) < 4.78 is 5.97. The monoisotopic (exact) mass is 393 g/mol. The lowest BCUT2D eigenvalue weighted by molar-refractivity contribution is 0.465. The zero-order valence-corrected chi connectivity index (χ0v) is 16.3. The summed E-state index contributed by atoms with van der Waals surface area (Å²) in [6.07, 6.45) is 1.43. The summed E-state index contributed by atoms with van der Waals surface area (Å²) in [6, 6.07) is 23.9. The van der Waals surface area contributed by atoms with Gasteiger partial charge in [0.1, 0.15) is 17.8 Å². The van der Waals surface area contributed by atoms with Crippen molar-refractivity contribution >= 4 is 38.9 Å². The molecule has 0 amide bonds. The number of pyridine rings is 1. The molecule has 3 aromatic carbocycles. The molecule has 0 aliphatic carbocycles. The lowest BCUT2D eigenvalue weighted by atomic mass is 10.1. The third kappa shape index (κ3) is 3.35. The molecule has 2 heterocycles. The Hall–Kier alpha value is -4.19. The molecule has 0 unspecified atom stereocenters. The molecule has 2 aromatic heterocycles. The van der Waals surface area contributed by atoms with Crippen LogP contribution < -0.4 is 15.8 Å². The molecular formula is C24H19N5O. The van der Waals surface area contributed by atoms with E-state index in [9.17, 15) is 0 Å². The Kier molecular flexibility index (Phi) is 4.37. The van der Waals surface area contributed by atoms with Gasteiger partial charge in [0.15, 0.2) is 5.82 Å². The molecule has 0 saturated heterocycles. The molecule has 0 spiro atoms. The van der Waals surface area contributed by atoms with Gasteiger partial charge in [0.05, 0.1) is 11.2 Å². The molecule has 0 bridgehead atoms. The van der Waals surface area contributed by atoms with E-state index in [2.05, 4.69) is 26.3 Å². The standard InChI is InChI=1S/C24H19N5O/c1-15-9-10-17-7-4-8-20(22(17)28-15)29-23-21(25)24(27-14-26-23)30-19-12-11-16-5-2-3-6-18(16)13-19/h2-14H,25H2,1H3,(H,26,27,29). The van der Waals surface area contributed by atoms with E-state index >= 15 is 0 Å². The fraction of sp³-hybridized carbons (Fsp3) is 0.0417. The first kappa shape index (κ1) is 17.9. The Labute approximate surface area is 173 Å². The van der Waals surface area contributed by atoms with Gasteiger partial charge in [0, 0.05) is 11.1 Å². The zero-order valence-electron chi connectivity index (χ0n) is 16.3. The number of para-hydroxylation sites is 1. The van der Waals surface area contributed by atoms with Crippen LogP contribution in [-0.4, -0.2) is 15.0 Å². The summed E-state index contributed by atoms with van der Waals surface area (Å²) >= 11 is 0. The highest BCUT2D eigenvalue weighted by molar-refractivity contribution is 5.93. The fourth-order valence-corrected chi connectivity index (χ4v) is 3.38. The first-order chi connectivity index (χ1) is 14.7. The van der Waals surface area contributed by atoms with Crippen LogP contribution in [-0.2, 0) is 0 Å². The fourth-order valence-electron chi connectivity index (χ4n) is 3.38. The molecule has 5 aromatic rings. The molecule has 6 nitrogen and oxygen atoms in total. The number of anilines is 3. The maximum atomic E-state index is 6.33. The minimum atomic E-state index is 0.298. The normalized spacial score (nSPS) is 11.0. The number of ether oxygens (including phenoxy) is 1. The quantitative estimate of drug-likeness (QED) is 0.413. The Morgan fingerprint density at radius 2 is 1.63 bits per heavy atom. The van der Waals surface area contributed by atoms with Crippen molar-refractivity contribution in [2.45, 2.75) is 6.92 Å². The number of hydrogen-bond acceptors (Lipinski definition) is 6.